The summed E-state index contributed by atoms with van der Waals surface area (Å²) in [5.41, 5.74) is 2.36. The molecule has 4 heterocycles. The van der Waals surface area contributed by atoms with E-state index in [1.54, 1.807) is 12.3 Å². The lowest BCUT2D eigenvalue weighted by Crippen LogP contribution is -1.91. The summed E-state index contributed by atoms with van der Waals surface area (Å²) in [6.45, 7) is 2.07. The van der Waals surface area contributed by atoms with Crippen LogP contribution in [-0.2, 0) is 19.3 Å². The second-order valence-corrected chi connectivity index (χ2v) is 12.9. The molecule has 0 atom stereocenters. The Kier molecular flexibility index (Phi) is 11.6. The molecule has 0 saturated heterocycles. The van der Waals surface area contributed by atoms with Gasteiger partial charge in [0, 0.05) is 59.1 Å². The van der Waals surface area contributed by atoms with Gasteiger partial charge in [-0.15, -0.1) is 40.4 Å². The Bertz CT molecular complexity index is 1350. The van der Waals surface area contributed by atoms with Crippen LogP contribution in [0.5, 0.6) is 0 Å². The van der Waals surface area contributed by atoms with Crippen molar-refractivity contribution in [3.8, 4) is 31.9 Å². The summed E-state index contributed by atoms with van der Waals surface area (Å²) in [5, 5.41) is 0. The Morgan fingerprint density at radius 1 is 0.763 bits per heavy atom. The van der Waals surface area contributed by atoms with Gasteiger partial charge in [-0.3, -0.25) is 9.98 Å². The highest BCUT2D eigenvalue weighted by Crippen LogP contribution is 2.40. The third-order valence-corrected chi connectivity index (χ3v) is 10.2. The van der Waals surface area contributed by atoms with E-state index in [1.807, 2.05) is 46.3 Å². The molecule has 0 unspecified atom stereocenters. The lowest BCUT2D eigenvalue weighted by atomic mass is 10.1. The molecule has 0 radical (unpaired) electrons. The minimum atomic E-state index is 1.04. The smallest absolute Gasteiger partial charge is 0.0449 e. The van der Waals surface area contributed by atoms with E-state index < -0.39 is 0 Å². The van der Waals surface area contributed by atoms with E-state index in [4.69, 9.17) is 6.42 Å². The molecule has 5 heteroatoms. The molecule has 0 N–H and O–H groups in total. The molecule has 0 aliphatic carbocycles. The molecule has 0 aliphatic heterocycles. The van der Waals surface area contributed by atoms with Crippen LogP contribution in [-0.4, -0.2) is 10.7 Å². The molecular weight excluding hydrogens is 521 g/mol. The van der Waals surface area contributed by atoms with Crippen LogP contribution in [0.2, 0.25) is 0 Å². The standard InChI is InChI=1S/C33H36N2S3/c1-3-4-24-34-26(2)13-7-5-9-16-28-18-20-30(36-28)32-22-23-33(38-32)31-21-19-29(37-31)17-10-6-8-14-27-15-11-12-25-35-27/h1,4,11-12,15,18-25H,5-10,13-14,16-17H2,2H3/b24-4-,34-26+. The number of rotatable bonds is 15. The zero-order valence-electron chi connectivity index (χ0n) is 22.2. The molecule has 38 heavy (non-hydrogen) atoms. The number of aromatic nitrogens is 1. The van der Waals surface area contributed by atoms with E-state index in [9.17, 15) is 0 Å². The monoisotopic (exact) mass is 556 g/mol. The first kappa shape index (κ1) is 28.2. The number of thiophene rings is 3. The lowest BCUT2D eigenvalue weighted by Gasteiger charge is -2.00. The third kappa shape index (κ3) is 9.20. The highest BCUT2D eigenvalue weighted by atomic mass is 32.1. The Labute approximate surface area is 240 Å². The van der Waals surface area contributed by atoms with Crippen LogP contribution in [0.25, 0.3) is 19.5 Å². The molecule has 2 nitrogen and oxygen atoms in total. The van der Waals surface area contributed by atoms with Crippen molar-refractivity contribution < 1.29 is 0 Å². The summed E-state index contributed by atoms with van der Waals surface area (Å²) in [7, 11) is 0. The summed E-state index contributed by atoms with van der Waals surface area (Å²) < 4.78 is 0. The van der Waals surface area contributed by atoms with Gasteiger partial charge in [0.2, 0.25) is 0 Å². The fourth-order valence-electron chi connectivity index (χ4n) is 4.35. The van der Waals surface area contributed by atoms with Crippen LogP contribution >= 0.6 is 34.0 Å². The number of unbranched alkanes of at least 4 members (excludes halogenated alkanes) is 4. The van der Waals surface area contributed by atoms with Gasteiger partial charge in [-0.05, 0) is 107 Å². The second kappa shape index (κ2) is 15.6. The Hall–Kier alpha value is -2.78. The minimum absolute atomic E-state index is 1.04. The van der Waals surface area contributed by atoms with Gasteiger partial charge in [0.25, 0.3) is 0 Å². The summed E-state index contributed by atoms with van der Waals surface area (Å²) in [6, 6.07) is 20.0. The molecule has 0 saturated carbocycles. The Morgan fingerprint density at radius 2 is 1.37 bits per heavy atom. The van der Waals surface area contributed by atoms with Crippen LogP contribution in [0, 0.1) is 12.3 Å². The largest absolute Gasteiger partial charge is 0.265 e. The summed E-state index contributed by atoms with van der Waals surface area (Å²) in [4.78, 5) is 17.3. The van der Waals surface area contributed by atoms with Gasteiger partial charge < -0.3 is 0 Å². The van der Waals surface area contributed by atoms with Gasteiger partial charge in [-0.1, -0.05) is 24.8 Å². The highest BCUT2D eigenvalue weighted by Gasteiger charge is 2.10. The number of aryl methyl sites for hydroxylation is 3. The van der Waals surface area contributed by atoms with Gasteiger partial charge in [-0.25, -0.2) is 0 Å². The number of terminal acetylenes is 1. The zero-order valence-corrected chi connectivity index (χ0v) is 24.6. The fraction of sp³-hybridized carbons (Fsp3) is 0.333. The van der Waals surface area contributed by atoms with Gasteiger partial charge in [0.1, 0.15) is 0 Å². The van der Waals surface area contributed by atoms with Crippen molar-refractivity contribution in [2.45, 2.75) is 71.1 Å². The van der Waals surface area contributed by atoms with Gasteiger partial charge >= 0.3 is 0 Å². The predicted octanol–water partition coefficient (Wildman–Crippen LogP) is 10.3. The topological polar surface area (TPSA) is 25.2 Å². The average Bonchev–Trinajstić information content (AvgIpc) is 3.70. The van der Waals surface area contributed by atoms with Crippen molar-refractivity contribution in [3.05, 3.63) is 88.5 Å². The molecule has 196 valence electrons. The maximum absolute atomic E-state index is 5.21. The second-order valence-electron chi connectivity index (χ2n) is 9.48. The zero-order chi connectivity index (χ0) is 26.4. The fourth-order valence-corrected chi connectivity index (χ4v) is 7.63. The number of hydrogen-bond acceptors (Lipinski definition) is 5. The summed E-state index contributed by atoms with van der Waals surface area (Å²) in [6.07, 6.45) is 22.3. The average molecular weight is 557 g/mol. The molecule has 0 spiro atoms. The predicted molar refractivity (Wildman–Crippen MR) is 170 cm³/mol. The molecule has 0 aliphatic rings. The molecule has 4 rings (SSSR count). The normalized spacial score (nSPS) is 11.8. The first-order chi connectivity index (χ1) is 18.7. The number of pyridine rings is 1. The van der Waals surface area contributed by atoms with E-state index in [2.05, 4.69) is 71.4 Å². The first-order valence-corrected chi connectivity index (χ1v) is 16.0. The number of allylic oxidation sites excluding steroid dienone is 1. The van der Waals surface area contributed by atoms with E-state index in [1.165, 1.54) is 79.9 Å². The minimum Gasteiger partial charge on any atom is -0.265 e. The van der Waals surface area contributed by atoms with Gasteiger partial charge in [0.15, 0.2) is 0 Å². The van der Waals surface area contributed by atoms with Crippen molar-refractivity contribution in [2.75, 3.05) is 0 Å². The van der Waals surface area contributed by atoms with E-state index >= 15 is 0 Å². The first-order valence-electron chi connectivity index (χ1n) is 13.5. The van der Waals surface area contributed by atoms with E-state index in [-0.39, 0.29) is 0 Å². The van der Waals surface area contributed by atoms with Crippen molar-refractivity contribution in [1.82, 2.24) is 4.98 Å². The molecule has 0 bridgehead atoms. The van der Waals surface area contributed by atoms with Crippen LogP contribution in [0.3, 0.4) is 0 Å². The maximum atomic E-state index is 5.21. The number of aliphatic imine (C=N–C) groups is 1. The summed E-state index contributed by atoms with van der Waals surface area (Å²) in [5.74, 6) is 2.47. The molecule has 4 aromatic rings. The number of hydrogen-bond donors (Lipinski definition) is 0. The van der Waals surface area contributed by atoms with Gasteiger partial charge in [0.05, 0.1) is 0 Å². The van der Waals surface area contributed by atoms with E-state index in [0.29, 0.717) is 0 Å². The molecule has 0 amide bonds. The SMILES string of the molecule is C#C/C=C\N=C(/C)CCCCCc1ccc(-c2ccc(-c3ccc(CCCCCc4ccccn4)s3)s2)s1. The van der Waals surface area contributed by atoms with Crippen molar-refractivity contribution in [2.24, 2.45) is 4.99 Å². The quantitative estimate of drug-likeness (QED) is 0.0812. The van der Waals surface area contributed by atoms with Crippen molar-refractivity contribution in [1.29, 1.82) is 0 Å². The molecular formula is C33H36N2S3. The van der Waals surface area contributed by atoms with E-state index in [0.717, 1.165) is 25.0 Å². The number of nitrogens with zero attached hydrogens (tertiary/aromatic N) is 2. The molecule has 0 aromatic carbocycles. The van der Waals surface area contributed by atoms with Crippen LogP contribution in [0.15, 0.2) is 78.1 Å². The maximum Gasteiger partial charge on any atom is 0.0449 e. The van der Waals surface area contributed by atoms with Gasteiger partial charge in [-0.2, -0.15) is 0 Å². The lowest BCUT2D eigenvalue weighted by molar-refractivity contribution is 0.675. The highest BCUT2D eigenvalue weighted by molar-refractivity contribution is 7.26. The van der Waals surface area contributed by atoms with Crippen LogP contribution < -0.4 is 0 Å². The third-order valence-electron chi connectivity index (χ3n) is 6.42. The van der Waals surface area contributed by atoms with Crippen molar-refractivity contribution >= 4 is 39.7 Å². The summed E-state index contributed by atoms with van der Waals surface area (Å²) >= 11 is 5.83. The molecule has 4 aromatic heterocycles. The molecule has 0 fully saturated rings. The Morgan fingerprint density at radius 3 is 2.00 bits per heavy atom. The van der Waals surface area contributed by atoms with Crippen LogP contribution in [0.4, 0.5) is 0 Å². The van der Waals surface area contributed by atoms with Crippen LogP contribution in [0.1, 0.15) is 67.3 Å². The Balaban J connectivity index is 1.18. The van der Waals surface area contributed by atoms with Crippen molar-refractivity contribution in [3.63, 3.8) is 0 Å².